The Bertz CT molecular complexity index is 1070. The van der Waals surface area contributed by atoms with E-state index in [1.54, 1.807) is 6.07 Å². The highest BCUT2D eigenvalue weighted by Crippen LogP contribution is 2.38. The first-order valence-corrected chi connectivity index (χ1v) is 12.2. The molecule has 1 aliphatic carbocycles. The van der Waals surface area contributed by atoms with Gasteiger partial charge < -0.3 is 10.0 Å². The number of carbonyl (C=O) groups excluding carboxylic acids is 2. The molecular formula is C30H35NO3. The molecular weight excluding hydrogens is 422 g/mol. The highest BCUT2D eigenvalue weighted by atomic mass is 16.3. The Balaban J connectivity index is 0.000000196. The molecule has 4 nitrogen and oxygen atoms in total. The second-order valence-electron chi connectivity index (χ2n) is 8.68. The summed E-state index contributed by atoms with van der Waals surface area (Å²) < 4.78 is 0. The molecule has 0 saturated heterocycles. The van der Waals surface area contributed by atoms with E-state index in [1.165, 1.54) is 6.42 Å². The number of aliphatic hydroxyl groups is 1. The van der Waals surface area contributed by atoms with Crippen LogP contribution in [0, 0.1) is 0 Å². The van der Waals surface area contributed by atoms with Gasteiger partial charge in [0, 0.05) is 35.5 Å². The van der Waals surface area contributed by atoms with Crippen LogP contribution in [-0.4, -0.2) is 30.3 Å². The molecule has 0 amide bonds. The number of anilines is 1. The highest BCUT2D eigenvalue weighted by Gasteiger charge is 2.32. The lowest BCUT2D eigenvalue weighted by atomic mass is 9.78. The molecule has 0 radical (unpaired) electrons. The monoisotopic (exact) mass is 457 g/mol. The zero-order chi connectivity index (χ0) is 24.4. The van der Waals surface area contributed by atoms with Crippen LogP contribution in [0.15, 0.2) is 78.9 Å². The Hall–Kier alpha value is -3.24. The van der Waals surface area contributed by atoms with Crippen LogP contribution in [0.5, 0.6) is 0 Å². The number of nitrogens with zero attached hydrogens (tertiary/aromatic N) is 1. The van der Waals surface area contributed by atoms with Crippen molar-refractivity contribution in [2.75, 3.05) is 18.0 Å². The van der Waals surface area contributed by atoms with Crippen LogP contribution < -0.4 is 4.90 Å². The molecule has 34 heavy (non-hydrogen) atoms. The van der Waals surface area contributed by atoms with E-state index in [0.717, 1.165) is 67.4 Å². The smallest absolute Gasteiger partial charge is 0.195 e. The number of aldehydes is 1. The van der Waals surface area contributed by atoms with Crippen LogP contribution in [0.4, 0.5) is 5.69 Å². The molecule has 1 aliphatic rings. The SMILES string of the molecule is CCN(CC)c1ccccc1C(=O)c1ccccc1.O=Cc1ccccc1C1(O)CCCCC1. The van der Waals surface area contributed by atoms with Crippen molar-refractivity contribution in [1.29, 1.82) is 0 Å². The average Bonchev–Trinajstić information content (AvgIpc) is 2.90. The van der Waals surface area contributed by atoms with Gasteiger partial charge in [0.05, 0.1) is 5.60 Å². The van der Waals surface area contributed by atoms with E-state index in [2.05, 4.69) is 18.7 Å². The Morgan fingerprint density at radius 2 is 1.44 bits per heavy atom. The van der Waals surface area contributed by atoms with Crippen molar-refractivity contribution in [2.24, 2.45) is 0 Å². The molecule has 0 unspecified atom stereocenters. The van der Waals surface area contributed by atoms with Crippen molar-refractivity contribution in [3.05, 3.63) is 101 Å². The van der Waals surface area contributed by atoms with E-state index in [9.17, 15) is 14.7 Å². The Labute approximate surface area is 203 Å². The molecule has 1 N–H and O–H groups in total. The van der Waals surface area contributed by atoms with Crippen LogP contribution in [0.3, 0.4) is 0 Å². The topological polar surface area (TPSA) is 57.6 Å². The number of para-hydroxylation sites is 1. The summed E-state index contributed by atoms with van der Waals surface area (Å²) in [5, 5.41) is 10.5. The van der Waals surface area contributed by atoms with Crippen molar-refractivity contribution >= 4 is 17.8 Å². The minimum atomic E-state index is -0.768. The van der Waals surface area contributed by atoms with E-state index in [0.29, 0.717) is 5.56 Å². The third kappa shape index (κ3) is 6.00. The van der Waals surface area contributed by atoms with E-state index in [-0.39, 0.29) is 5.78 Å². The van der Waals surface area contributed by atoms with Crippen LogP contribution >= 0.6 is 0 Å². The molecule has 3 aromatic rings. The first kappa shape index (κ1) is 25.4. The number of benzene rings is 3. The fourth-order valence-corrected chi connectivity index (χ4v) is 4.68. The Kier molecular flexibility index (Phi) is 9.17. The quantitative estimate of drug-likeness (QED) is 0.329. The molecule has 1 fully saturated rings. The molecule has 3 aromatic carbocycles. The molecule has 1 saturated carbocycles. The third-order valence-electron chi connectivity index (χ3n) is 6.56. The predicted molar refractivity (Wildman–Crippen MR) is 139 cm³/mol. The number of ketones is 1. The summed E-state index contributed by atoms with van der Waals surface area (Å²) >= 11 is 0. The van der Waals surface area contributed by atoms with Crippen molar-refractivity contribution in [3.63, 3.8) is 0 Å². The van der Waals surface area contributed by atoms with Gasteiger partial charge in [0.25, 0.3) is 0 Å². The maximum atomic E-state index is 12.6. The highest BCUT2D eigenvalue weighted by molar-refractivity contribution is 6.12. The van der Waals surface area contributed by atoms with Gasteiger partial charge in [-0.2, -0.15) is 0 Å². The fourth-order valence-electron chi connectivity index (χ4n) is 4.68. The average molecular weight is 458 g/mol. The lowest BCUT2D eigenvalue weighted by molar-refractivity contribution is -0.00114. The molecule has 0 aliphatic heterocycles. The van der Waals surface area contributed by atoms with Crippen molar-refractivity contribution in [1.82, 2.24) is 0 Å². The Morgan fingerprint density at radius 1 is 0.853 bits per heavy atom. The molecule has 4 rings (SSSR count). The fraction of sp³-hybridized carbons (Fsp3) is 0.333. The number of carbonyl (C=O) groups is 2. The summed E-state index contributed by atoms with van der Waals surface area (Å²) in [6.45, 7) is 6.01. The molecule has 0 atom stereocenters. The van der Waals surface area contributed by atoms with Gasteiger partial charge in [-0.3, -0.25) is 9.59 Å². The zero-order valence-corrected chi connectivity index (χ0v) is 20.2. The molecule has 0 aromatic heterocycles. The molecule has 0 heterocycles. The maximum Gasteiger partial charge on any atom is 0.195 e. The minimum absolute atomic E-state index is 0.0862. The standard InChI is InChI=1S/C17H19NO.C13H16O2/c1-3-18(4-2)16-13-9-8-12-15(16)17(19)14-10-6-5-7-11-14;14-10-11-6-2-3-7-12(11)13(15)8-4-1-5-9-13/h5-13H,3-4H2,1-2H3;2-3,6-7,10,15H,1,4-5,8-9H2. The van der Waals surface area contributed by atoms with Crippen LogP contribution in [0.25, 0.3) is 0 Å². The summed E-state index contributed by atoms with van der Waals surface area (Å²) in [5.74, 6) is 0.0862. The van der Waals surface area contributed by atoms with Crippen LogP contribution in [0.2, 0.25) is 0 Å². The second-order valence-corrected chi connectivity index (χ2v) is 8.68. The molecule has 4 heteroatoms. The van der Waals surface area contributed by atoms with Crippen molar-refractivity contribution < 1.29 is 14.7 Å². The van der Waals surface area contributed by atoms with E-state index in [1.807, 2.05) is 72.8 Å². The summed E-state index contributed by atoms with van der Waals surface area (Å²) in [6.07, 6.45) is 5.66. The summed E-state index contributed by atoms with van der Waals surface area (Å²) in [4.78, 5) is 25.7. The molecule has 178 valence electrons. The van der Waals surface area contributed by atoms with Crippen molar-refractivity contribution in [3.8, 4) is 0 Å². The minimum Gasteiger partial charge on any atom is -0.385 e. The largest absolute Gasteiger partial charge is 0.385 e. The summed E-state index contributed by atoms with van der Waals surface area (Å²) in [5.41, 5.74) is 3.19. The van der Waals surface area contributed by atoms with Crippen LogP contribution in [-0.2, 0) is 5.60 Å². The summed E-state index contributed by atoms with van der Waals surface area (Å²) in [6, 6.07) is 24.6. The first-order valence-electron chi connectivity index (χ1n) is 12.2. The number of rotatable bonds is 7. The molecule has 0 spiro atoms. The van der Waals surface area contributed by atoms with E-state index in [4.69, 9.17) is 0 Å². The normalized spacial score (nSPS) is 14.4. The van der Waals surface area contributed by atoms with Gasteiger partial charge in [-0.25, -0.2) is 0 Å². The van der Waals surface area contributed by atoms with E-state index >= 15 is 0 Å². The van der Waals surface area contributed by atoms with Gasteiger partial charge in [-0.1, -0.05) is 86.0 Å². The lowest BCUT2D eigenvalue weighted by Crippen LogP contribution is -2.29. The van der Waals surface area contributed by atoms with Gasteiger partial charge in [-0.05, 0) is 44.4 Å². The van der Waals surface area contributed by atoms with Gasteiger partial charge in [0.2, 0.25) is 0 Å². The predicted octanol–water partition coefficient (Wildman–Crippen LogP) is 6.41. The maximum absolute atomic E-state index is 12.6. The lowest BCUT2D eigenvalue weighted by Gasteiger charge is -2.33. The van der Waals surface area contributed by atoms with Gasteiger partial charge in [0.15, 0.2) is 5.78 Å². The van der Waals surface area contributed by atoms with Gasteiger partial charge in [0.1, 0.15) is 6.29 Å². The Morgan fingerprint density at radius 3 is 2.09 bits per heavy atom. The zero-order valence-electron chi connectivity index (χ0n) is 20.2. The summed E-state index contributed by atoms with van der Waals surface area (Å²) in [7, 11) is 0. The molecule has 0 bridgehead atoms. The first-order chi connectivity index (χ1) is 16.5. The van der Waals surface area contributed by atoms with Crippen molar-refractivity contribution in [2.45, 2.75) is 51.6 Å². The van der Waals surface area contributed by atoms with Crippen LogP contribution in [0.1, 0.15) is 77.8 Å². The number of hydrogen-bond donors (Lipinski definition) is 1. The van der Waals surface area contributed by atoms with E-state index < -0.39 is 5.60 Å². The third-order valence-corrected chi connectivity index (χ3v) is 6.56. The number of hydrogen-bond acceptors (Lipinski definition) is 4. The van der Waals surface area contributed by atoms with Gasteiger partial charge >= 0.3 is 0 Å². The van der Waals surface area contributed by atoms with Gasteiger partial charge in [-0.15, -0.1) is 0 Å². The second kappa shape index (κ2) is 12.3.